The van der Waals surface area contributed by atoms with Gasteiger partial charge in [-0.3, -0.25) is 4.90 Å². The summed E-state index contributed by atoms with van der Waals surface area (Å²) in [6, 6.07) is 0.588. The number of likely N-dealkylation sites (tertiary alicyclic amines) is 1. The minimum atomic E-state index is -0.248. The summed E-state index contributed by atoms with van der Waals surface area (Å²) in [5, 5.41) is 9.15. The van der Waals surface area contributed by atoms with Gasteiger partial charge >= 0.3 is 0 Å². The average molecular weight is 129 g/mol. The normalized spacial score (nSPS) is 33.0. The molecular weight excluding hydrogens is 114 g/mol. The molecular formula is C7H15NO. The van der Waals surface area contributed by atoms with Gasteiger partial charge in [0.2, 0.25) is 0 Å². The van der Waals surface area contributed by atoms with Gasteiger partial charge in [-0.15, -0.1) is 0 Å². The molecule has 1 rings (SSSR count). The van der Waals surface area contributed by atoms with E-state index in [2.05, 4.69) is 11.8 Å². The maximum atomic E-state index is 9.15. The second kappa shape index (κ2) is 2.67. The van der Waals surface area contributed by atoms with Gasteiger partial charge in [0.15, 0.2) is 0 Å². The first kappa shape index (κ1) is 7.03. The SMILES string of the molecule is CC(O)N1CCC[C@H]1C. The Bertz CT molecular complexity index is 92.9. The van der Waals surface area contributed by atoms with Crippen LogP contribution in [0.5, 0.6) is 0 Å². The number of aliphatic hydroxyl groups excluding tert-OH is 1. The third kappa shape index (κ3) is 1.43. The van der Waals surface area contributed by atoms with Crippen LogP contribution in [0.1, 0.15) is 26.7 Å². The topological polar surface area (TPSA) is 23.5 Å². The van der Waals surface area contributed by atoms with Crippen LogP contribution in [0.25, 0.3) is 0 Å². The van der Waals surface area contributed by atoms with Gasteiger partial charge in [-0.2, -0.15) is 0 Å². The number of hydrogen-bond acceptors (Lipinski definition) is 2. The summed E-state index contributed by atoms with van der Waals surface area (Å²) in [5.74, 6) is 0. The Morgan fingerprint density at radius 3 is 2.56 bits per heavy atom. The van der Waals surface area contributed by atoms with Crippen molar-refractivity contribution in [2.45, 2.75) is 39.0 Å². The Morgan fingerprint density at radius 1 is 1.67 bits per heavy atom. The van der Waals surface area contributed by atoms with Gasteiger partial charge in [0.05, 0.1) is 0 Å². The molecule has 54 valence electrons. The second-order valence-corrected chi connectivity index (χ2v) is 2.86. The van der Waals surface area contributed by atoms with E-state index in [0.717, 1.165) is 6.54 Å². The number of nitrogens with zero attached hydrogens (tertiary/aromatic N) is 1. The molecule has 1 aliphatic heterocycles. The van der Waals surface area contributed by atoms with E-state index in [-0.39, 0.29) is 6.23 Å². The summed E-state index contributed by atoms with van der Waals surface area (Å²) < 4.78 is 0. The fourth-order valence-corrected chi connectivity index (χ4v) is 1.51. The molecule has 2 heteroatoms. The van der Waals surface area contributed by atoms with E-state index in [1.165, 1.54) is 12.8 Å². The molecule has 1 aliphatic rings. The highest BCUT2D eigenvalue weighted by molar-refractivity contribution is 4.74. The summed E-state index contributed by atoms with van der Waals surface area (Å²) >= 11 is 0. The van der Waals surface area contributed by atoms with Crippen molar-refractivity contribution < 1.29 is 5.11 Å². The molecule has 0 radical (unpaired) electrons. The van der Waals surface area contributed by atoms with Crippen molar-refractivity contribution in [3.63, 3.8) is 0 Å². The molecule has 0 aromatic rings. The smallest absolute Gasteiger partial charge is 0.104 e. The Kier molecular flexibility index (Phi) is 2.09. The lowest BCUT2D eigenvalue weighted by Crippen LogP contribution is -2.35. The van der Waals surface area contributed by atoms with E-state index in [1.807, 2.05) is 6.92 Å². The molecule has 1 fully saturated rings. The molecule has 1 unspecified atom stereocenters. The highest BCUT2D eigenvalue weighted by atomic mass is 16.3. The van der Waals surface area contributed by atoms with Crippen LogP contribution in [0.4, 0.5) is 0 Å². The summed E-state index contributed by atoms with van der Waals surface area (Å²) in [5.41, 5.74) is 0. The van der Waals surface area contributed by atoms with Crippen LogP contribution in [0, 0.1) is 0 Å². The minimum absolute atomic E-state index is 0.248. The quantitative estimate of drug-likeness (QED) is 0.566. The number of hydrogen-bond donors (Lipinski definition) is 1. The van der Waals surface area contributed by atoms with Crippen LogP contribution < -0.4 is 0 Å². The van der Waals surface area contributed by atoms with Gasteiger partial charge in [0.1, 0.15) is 6.23 Å². The lowest BCUT2D eigenvalue weighted by Gasteiger charge is -2.23. The molecule has 1 saturated heterocycles. The largest absolute Gasteiger partial charge is 0.379 e. The highest BCUT2D eigenvalue weighted by Gasteiger charge is 2.22. The molecule has 0 saturated carbocycles. The summed E-state index contributed by atoms with van der Waals surface area (Å²) in [6.45, 7) is 5.07. The van der Waals surface area contributed by atoms with E-state index in [4.69, 9.17) is 5.11 Å². The van der Waals surface area contributed by atoms with Crippen molar-refractivity contribution in [2.24, 2.45) is 0 Å². The lowest BCUT2D eigenvalue weighted by molar-refractivity contribution is 0.0144. The first-order chi connectivity index (χ1) is 4.22. The molecule has 0 spiro atoms. The zero-order valence-corrected chi connectivity index (χ0v) is 6.17. The maximum absolute atomic E-state index is 9.15. The van der Waals surface area contributed by atoms with E-state index in [9.17, 15) is 0 Å². The number of aliphatic hydroxyl groups is 1. The van der Waals surface area contributed by atoms with Gasteiger partial charge in [-0.05, 0) is 26.7 Å². The standard InChI is InChI=1S/C7H15NO/c1-6-4-3-5-8(6)7(2)9/h6-7,9H,3-5H2,1-2H3/t6-,7?/m1/s1. The molecule has 0 amide bonds. The maximum Gasteiger partial charge on any atom is 0.104 e. The van der Waals surface area contributed by atoms with Gasteiger partial charge < -0.3 is 5.11 Å². The molecule has 2 nitrogen and oxygen atoms in total. The van der Waals surface area contributed by atoms with E-state index < -0.39 is 0 Å². The molecule has 1 N–H and O–H groups in total. The molecule has 2 atom stereocenters. The van der Waals surface area contributed by atoms with E-state index in [1.54, 1.807) is 0 Å². The highest BCUT2D eigenvalue weighted by Crippen LogP contribution is 2.17. The first-order valence-electron chi connectivity index (χ1n) is 3.65. The fraction of sp³-hybridized carbons (Fsp3) is 1.00. The van der Waals surface area contributed by atoms with Gasteiger partial charge in [-0.25, -0.2) is 0 Å². The predicted octanol–water partition coefficient (Wildman–Crippen LogP) is 0.809. The van der Waals surface area contributed by atoms with Crippen LogP contribution in [-0.4, -0.2) is 28.8 Å². The summed E-state index contributed by atoms with van der Waals surface area (Å²) in [4.78, 5) is 2.12. The third-order valence-corrected chi connectivity index (χ3v) is 2.08. The average Bonchev–Trinajstić information content (AvgIpc) is 2.13. The minimum Gasteiger partial charge on any atom is -0.379 e. The predicted molar refractivity (Wildman–Crippen MR) is 37.1 cm³/mol. The molecule has 1 heterocycles. The van der Waals surface area contributed by atoms with Crippen LogP contribution in [0.3, 0.4) is 0 Å². The van der Waals surface area contributed by atoms with Crippen molar-refractivity contribution in [3.05, 3.63) is 0 Å². The van der Waals surface area contributed by atoms with E-state index >= 15 is 0 Å². The Labute approximate surface area is 56.5 Å². The van der Waals surface area contributed by atoms with E-state index in [0.29, 0.717) is 6.04 Å². The van der Waals surface area contributed by atoms with Crippen molar-refractivity contribution >= 4 is 0 Å². The summed E-state index contributed by atoms with van der Waals surface area (Å²) in [6.07, 6.45) is 2.24. The van der Waals surface area contributed by atoms with Crippen molar-refractivity contribution in [1.82, 2.24) is 4.90 Å². The molecule has 0 bridgehead atoms. The summed E-state index contributed by atoms with van der Waals surface area (Å²) in [7, 11) is 0. The van der Waals surface area contributed by atoms with Gasteiger partial charge in [0.25, 0.3) is 0 Å². The van der Waals surface area contributed by atoms with Crippen molar-refractivity contribution in [2.75, 3.05) is 6.54 Å². The van der Waals surface area contributed by atoms with Crippen molar-refractivity contribution in [1.29, 1.82) is 0 Å². The molecule has 9 heavy (non-hydrogen) atoms. The van der Waals surface area contributed by atoms with Crippen LogP contribution >= 0.6 is 0 Å². The first-order valence-corrected chi connectivity index (χ1v) is 3.65. The Morgan fingerprint density at radius 2 is 2.33 bits per heavy atom. The molecule has 0 aromatic heterocycles. The van der Waals surface area contributed by atoms with Crippen LogP contribution in [-0.2, 0) is 0 Å². The lowest BCUT2D eigenvalue weighted by atomic mass is 10.2. The Hall–Kier alpha value is -0.0800. The Balaban J connectivity index is 2.40. The third-order valence-electron chi connectivity index (χ3n) is 2.08. The van der Waals surface area contributed by atoms with Crippen LogP contribution in [0.2, 0.25) is 0 Å². The molecule has 0 aromatic carbocycles. The second-order valence-electron chi connectivity index (χ2n) is 2.86. The molecule has 0 aliphatic carbocycles. The monoisotopic (exact) mass is 129 g/mol. The van der Waals surface area contributed by atoms with Crippen LogP contribution in [0.15, 0.2) is 0 Å². The van der Waals surface area contributed by atoms with Crippen molar-refractivity contribution in [3.8, 4) is 0 Å². The number of rotatable bonds is 1. The van der Waals surface area contributed by atoms with Gasteiger partial charge in [0, 0.05) is 12.6 Å². The zero-order valence-electron chi connectivity index (χ0n) is 6.17. The fourth-order valence-electron chi connectivity index (χ4n) is 1.51. The van der Waals surface area contributed by atoms with Gasteiger partial charge in [-0.1, -0.05) is 0 Å². The zero-order chi connectivity index (χ0) is 6.85.